The molecule has 1 atom stereocenters. The van der Waals surface area contributed by atoms with E-state index in [9.17, 15) is 8.42 Å². The summed E-state index contributed by atoms with van der Waals surface area (Å²) in [6.45, 7) is 4.65. The van der Waals surface area contributed by atoms with E-state index in [2.05, 4.69) is 17.6 Å². The van der Waals surface area contributed by atoms with Crippen molar-refractivity contribution in [3.63, 3.8) is 0 Å². The van der Waals surface area contributed by atoms with Crippen LogP contribution in [0.5, 0.6) is 0 Å². The molecule has 0 spiro atoms. The first-order chi connectivity index (χ1) is 12.5. The van der Waals surface area contributed by atoms with Crippen molar-refractivity contribution in [2.75, 3.05) is 26.2 Å². The van der Waals surface area contributed by atoms with Gasteiger partial charge in [0, 0.05) is 39.1 Å². The van der Waals surface area contributed by atoms with Gasteiger partial charge in [0.25, 0.3) is 10.2 Å². The molecule has 0 unspecified atom stereocenters. The van der Waals surface area contributed by atoms with Crippen molar-refractivity contribution in [3.05, 3.63) is 30.1 Å². The third kappa shape index (κ3) is 3.17. The maximum absolute atomic E-state index is 13.1. The largest absolute Gasteiger partial charge is 0.331 e. The van der Waals surface area contributed by atoms with Crippen LogP contribution in [0.3, 0.4) is 0 Å². The Hall–Kier alpha value is -1.44. The van der Waals surface area contributed by atoms with E-state index in [4.69, 9.17) is 4.98 Å². The minimum absolute atomic E-state index is 0.152. The van der Waals surface area contributed by atoms with E-state index in [0.717, 1.165) is 42.5 Å². The molecule has 3 heterocycles. The van der Waals surface area contributed by atoms with Crippen LogP contribution in [0.15, 0.2) is 24.3 Å². The molecule has 0 amide bonds. The zero-order valence-corrected chi connectivity index (χ0v) is 16.5. The Morgan fingerprint density at radius 1 is 1.04 bits per heavy atom. The Bertz CT molecular complexity index is 884. The van der Waals surface area contributed by atoms with Crippen molar-refractivity contribution in [3.8, 4) is 0 Å². The van der Waals surface area contributed by atoms with E-state index in [-0.39, 0.29) is 5.92 Å². The van der Waals surface area contributed by atoms with Crippen molar-refractivity contribution in [2.24, 2.45) is 13.0 Å². The number of benzene rings is 1. The van der Waals surface area contributed by atoms with Crippen LogP contribution in [0, 0.1) is 5.92 Å². The van der Waals surface area contributed by atoms with Crippen molar-refractivity contribution >= 4 is 21.2 Å². The molecular formula is C19H28N4O2S. The van der Waals surface area contributed by atoms with Gasteiger partial charge in [-0.1, -0.05) is 19.1 Å². The number of aryl methyl sites for hydroxylation is 1. The summed E-state index contributed by atoms with van der Waals surface area (Å²) >= 11 is 0. The minimum Gasteiger partial charge on any atom is -0.331 e. The van der Waals surface area contributed by atoms with Crippen molar-refractivity contribution in [1.29, 1.82) is 0 Å². The molecule has 26 heavy (non-hydrogen) atoms. The van der Waals surface area contributed by atoms with E-state index >= 15 is 0 Å². The fourth-order valence-electron chi connectivity index (χ4n) is 4.27. The van der Waals surface area contributed by atoms with Crippen LogP contribution < -0.4 is 0 Å². The van der Waals surface area contributed by atoms with E-state index in [1.807, 2.05) is 25.2 Å². The number of fused-ring (bicyclic) bond motifs is 1. The summed E-state index contributed by atoms with van der Waals surface area (Å²) in [5.74, 6) is 1.77. The average molecular weight is 377 g/mol. The first kappa shape index (κ1) is 17.9. The summed E-state index contributed by atoms with van der Waals surface area (Å²) in [6, 6.07) is 8.10. The quantitative estimate of drug-likeness (QED) is 0.828. The lowest BCUT2D eigenvalue weighted by atomic mass is 9.99. The van der Waals surface area contributed by atoms with Crippen LogP contribution in [0.1, 0.15) is 44.3 Å². The number of para-hydroxylation sites is 2. The Morgan fingerprint density at radius 2 is 1.77 bits per heavy atom. The monoisotopic (exact) mass is 376 g/mol. The minimum atomic E-state index is -3.36. The van der Waals surface area contributed by atoms with Crippen LogP contribution in [0.4, 0.5) is 0 Å². The van der Waals surface area contributed by atoms with Crippen LogP contribution in [0.25, 0.3) is 11.0 Å². The molecule has 2 aliphatic heterocycles. The van der Waals surface area contributed by atoms with Gasteiger partial charge in [-0.2, -0.15) is 17.0 Å². The molecule has 0 radical (unpaired) electrons. The van der Waals surface area contributed by atoms with Gasteiger partial charge in [-0.3, -0.25) is 0 Å². The van der Waals surface area contributed by atoms with Gasteiger partial charge < -0.3 is 4.57 Å². The van der Waals surface area contributed by atoms with Gasteiger partial charge in [0.1, 0.15) is 5.82 Å². The summed E-state index contributed by atoms with van der Waals surface area (Å²) in [7, 11) is -1.33. The Morgan fingerprint density at radius 3 is 2.50 bits per heavy atom. The first-order valence-corrected chi connectivity index (χ1v) is 11.0. The van der Waals surface area contributed by atoms with Gasteiger partial charge >= 0.3 is 0 Å². The molecule has 1 aromatic carbocycles. The number of aromatic nitrogens is 2. The second kappa shape index (κ2) is 6.94. The summed E-state index contributed by atoms with van der Waals surface area (Å²) in [5, 5.41) is 0. The summed E-state index contributed by atoms with van der Waals surface area (Å²) in [6.07, 6.45) is 3.79. The van der Waals surface area contributed by atoms with Gasteiger partial charge in [-0.25, -0.2) is 4.98 Å². The van der Waals surface area contributed by atoms with Crippen molar-refractivity contribution < 1.29 is 8.42 Å². The van der Waals surface area contributed by atoms with Gasteiger partial charge in [0.05, 0.1) is 11.0 Å². The zero-order chi connectivity index (χ0) is 18.3. The molecular weight excluding hydrogens is 348 g/mol. The van der Waals surface area contributed by atoms with E-state index in [0.29, 0.717) is 32.1 Å². The van der Waals surface area contributed by atoms with Crippen LogP contribution in [-0.2, 0) is 17.3 Å². The molecule has 142 valence electrons. The fourth-order valence-corrected chi connectivity index (χ4v) is 6.00. The maximum atomic E-state index is 13.1. The number of hydrogen-bond acceptors (Lipinski definition) is 3. The molecule has 2 aromatic rings. The van der Waals surface area contributed by atoms with Gasteiger partial charge in [-0.15, -0.1) is 0 Å². The first-order valence-electron chi connectivity index (χ1n) is 9.63. The molecule has 6 nitrogen and oxygen atoms in total. The number of hydrogen-bond donors (Lipinski definition) is 0. The molecule has 0 saturated carbocycles. The highest BCUT2D eigenvalue weighted by atomic mass is 32.2. The summed E-state index contributed by atoms with van der Waals surface area (Å²) in [5.41, 5.74) is 2.09. The van der Waals surface area contributed by atoms with Crippen LogP contribution in [-0.4, -0.2) is 52.8 Å². The molecule has 2 saturated heterocycles. The molecule has 2 aliphatic rings. The lowest BCUT2D eigenvalue weighted by Crippen LogP contribution is -2.49. The number of nitrogens with zero attached hydrogens (tertiary/aromatic N) is 4. The molecule has 7 heteroatoms. The highest BCUT2D eigenvalue weighted by molar-refractivity contribution is 7.86. The van der Waals surface area contributed by atoms with E-state index in [1.54, 1.807) is 8.61 Å². The smallest absolute Gasteiger partial charge is 0.281 e. The highest BCUT2D eigenvalue weighted by Crippen LogP contribution is 2.31. The van der Waals surface area contributed by atoms with Crippen molar-refractivity contribution in [1.82, 2.24) is 18.2 Å². The maximum Gasteiger partial charge on any atom is 0.281 e. The Kier molecular flexibility index (Phi) is 4.79. The second-order valence-corrected chi connectivity index (χ2v) is 9.73. The third-order valence-corrected chi connectivity index (χ3v) is 7.97. The number of imidazole rings is 1. The average Bonchev–Trinajstić information content (AvgIpc) is 2.99. The highest BCUT2D eigenvalue weighted by Gasteiger charge is 2.36. The predicted molar refractivity (Wildman–Crippen MR) is 103 cm³/mol. The lowest BCUT2D eigenvalue weighted by Gasteiger charge is -2.37. The van der Waals surface area contributed by atoms with Gasteiger partial charge in [0.15, 0.2) is 0 Å². The normalized spacial score (nSPS) is 24.3. The molecule has 1 aromatic heterocycles. The van der Waals surface area contributed by atoms with Crippen LogP contribution in [0.2, 0.25) is 0 Å². The van der Waals surface area contributed by atoms with Gasteiger partial charge in [-0.05, 0) is 43.7 Å². The number of piperidine rings is 2. The van der Waals surface area contributed by atoms with E-state index in [1.165, 1.54) is 0 Å². The SMILES string of the molecule is CC1CCN(S(=O)(=O)N2CCC[C@H](c3nc4ccccc4n3C)C2)CC1. The predicted octanol–water partition coefficient (Wildman–Crippen LogP) is 2.73. The summed E-state index contributed by atoms with van der Waals surface area (Å²) in [4.78, 5) is 4.80. The topological polar surface area (TPSA) is 58.4 Å². The molecule has 0 aliphatic carbocycles. The van der Waals surface area contributed by atoms with Crippen LogP contribution >= 0.6 is 0 Å². The molecule has 0 bridgehead atoms. The van der Waals surface area contributed by atoms with Crippen molar-refractivity contribution in [2.45, 2.75) is 38.5 Å². The summed E-state index contributed by atoms with van der Waals surface area (Å²) < 4.78 is 31.7. The Labute approximate surface area is 156 Å². The standard InChI is InChI=1S/C19H28N4O2S/c1-15-9-12-22(13-10-15)26(24,25)23-11-5-6-16(14-23)19-20-17-7-3-4-8-18(17)21(19)2/h3-4,7-8,15-16H,5-6,9-14H2,1-2H3/t16-/m0/s1. The fraction of sp³-hybridized carbons (Fsp3) is 0.632. The molecule has 2 fully saturated rings. The lowest BCUT2D eigenvalue weighted by molar-refractivity contribution is 0.243. The van der Waals surface area contributed by atoms with E-state index < -0.39 is 10.2 Å². The molecule has 4 rings (SSSR count). The third-order valence-electron chi connectivity index (χ3n) is 5.97. The van der Waals surface area contributed by atoms with Gasteiger partial charge in [0.2, 0.25) is 0 Å². The zero-order valence-electron chi connectivity index (χ0n) is 15.6. The molecule has 0 N–H and O–H groups in total. The second-order valence-electron chi connectivity index (χ2n) is 7.80. The number of rotatable bonds is 3. The Balaban J connectivity index is 1.56.